The zero-order valence-corrected chi connectivity index (χ0v) is 20.3. The number of halogens is 1. The van der Waals surface area contributed by atoms with Crippen molar-refractivity contribution in [2.75, 3.05) is 41.4 Å². The topological polar surface area (TPSA) is 75.2 Å². The second kappa shape index (κ2) is 13.7. The molecule has 0 bridgehead atoms. The van der Waals surface area contributed by atoms with E-state index in [-0.39, 0.29) is 36.5 Å². The van der Waals surface area contributed by atoms with Gasteiger partial charge in [-0.25, -0.2) is 0 Å². The monoisotopic (exact) mass is 526 g/mol. The highest BCUT2D eigenvalue weighted by Crippen LogP contribution is 2.13. The average Bonchev–Trinajstić information content (AvgIpc) is 2.75. The molecule has 7 nitrogen and oxygen atoms in total. The van der Waals surface area contributed by atoms with Crippen LogP contribution in [0.2, 0.25) is 0 Å². The average molecular weight is 526 g/mol. The summed E-state index contributed by atoms with van der Waals surface area (Å²) in [6, 6.07) is 15.7. The number of aliphatic imine (C=N–C) groups is 1. The van der Waals surface area contributed by atoms with Crippen LogP contribution in [0.1, 0.15) is 11.1 Å². The summed E-state index contributed by atoms with van der Waals surface area (Å²) in [5.41, 5.74) is 2.27. The van der Waals surface area contributed by atoms with E-state index in [0.29, 0.717) is 12.3 Å². The van der Waals surface area contributed by atoms with Crippen molar-refractivity contribution in [3.8, 4) is 11.5 Å². The Kier molecular flexibility index (Phi) is 11.7. The van der Waals surface area contributed by atoms with Crippen LogP contribution < -0.4 is 20.1 Å². The Morgan fingerprint density at radius 3 is 2.40 bits per heavy atom. The van der Waals surface area contributed by atoms with E-state index < -0.39 is 0 Å². The highest BCUT2D eigenvalue weighted by Gasteiger charge is 2.06. The van der Waals surface area contributed by atoms with Crippen LogP contribution in [0, 0.1) is 0 Å². The molecule has 8 heteroatoms. The Morgan fingerprint density at radius 2 is 1.77 bits per heavy atom. The number of amides is 1. The first kappa shape index (κ1) is 25.5. The van der Waals surface area contributed by atoms with Crippen molar-refractivity contribution in [1.29, 1.82) is 0 Å². The van der Waals surface area contributed by atoms with Gasteiger partial charge in [0.1, 0.15) is 11.5 Å². The zero-order chi connectivity index (χ0) is 21.1. The number of carbonyl (C=O) groups excluding carboxylic acids is 1. The van der Waals surface area contributed by atoms with Crippen LogP contribution in [-0.2, 0) is 17.8 Å². The second-order valence-electron chi connectivity index (χ2n) is 6.67. The van der Waals surface area contributed by atoms with E-state index in [9.17, 15) is 4.79 Å². The molecule has 0 unspecified atom stereocenters. The minimum absolute atomic E-state index is 0. The fourth-order valence-corrected chi connectivity index (χ4v) is 2.54. The largest absolute Gasteiger partial charge is 0.497 e. The molecule has 0 radical (unpaired) electrons. The minimum atomic E-state index is -0.0741. The van der Waals surface area contributed by atoms with E-state index >= 15 is 0 Å². The molecular formula is C22H31IN4O3. The van der Waals surface area contributed by atoms with Gasteiger partial charge in [0.25, 0.3) is 5.91 Å². The molecular weight excluding hydrogens is 495 g/mol. The van der Waals surface area contributed by atoms with Crippen LogP contribution in [0.4, 0.5) is 0 Å². The molecule has 2 aromatic carbocycles. The third-order valence-electron chi connectivity index (χ3n) is 4.31. The molecule has 30 heavy (non-hydrogen) atoms. The van der Waals surface area contributed by atoms with Gasteiger partial charge in [0, 0.05) is 34.2 Å². The first-order chi connectivity index (χ1) is 14.0. The second-order valence-corrected chi connectivity index (χ2v) is 6.67. The normalized spacial score (nSPS) is 10.6. The number of methoxy groups -OCH3 is 1. The quantitative estimate of drug-likeness (QED) is 0.299. The SMILES string of the molecule is CN=C(NCCc1ccc(OC)cc1)NCc1cccc(OCC(=O)N(C)C)c1.I. The van der Waals surface area contributed by atoms with E-state index in [1.165, 1.54) is 10.5 Å². The summed E-state index contributed by atoms with van der Waals surface area (Å²) in [6.07, 6.45) is 0.883. The number of nitrogens with zero attached hydrogens (tertiary/aromatic N) is 2. The van der Waals surface area contributed by atoms with Crippen LogP contribution in [0.25, 0.3) is 0 Å². The lowest BCUT2D eigenvalue weighted by molar-refractivity contribution is -0.130. The zero-order valence-electron chi connectivity index (χ0n) is 18.0. The number of likely N-dealkylation sites (N-methyl/N-ethyl adjacent to an activating group) is 1. The molecule has 2 rings (SSSR count). The maximum Gasteiger partial charge on any atom is 0.259 e. The lowest BCUT2D eigenvalue weighted by atomic mass is 10.1. The number of hydrogen-bond acceptors (Lipinski definition) is 4. The first-order valence-electron chi connectivity index (χ1n) is 9.51. The predicted molar refractivity (Wildman–Crippen MR) is 131 cm³/mol. The van der Waals surface area contributed by atoms with Gasteiger partial charge in [-0.1, -0.05) is 24.3 Å². The molecule has 0 spiro atoms. The summed E-state index contributed by atoms with van der Waals surface area (Å²) in [6.45, 7) is 1.39. The molecule has 0 saturated carbocycles. The van der Waals surface area contributed by atoms with Gasteiger partial charge in [-0.15, -0.1) is 24.0 Å². The summed E-state index contributed by atoms with van der Waals surface area (Å²) in [4.78, 5) is 17.4. The highest BCUT2D eigenvalue weighted by molar-refractivity contribution is 14.0. The Hall–Kier alpha value is -2.49. The van der Waals surface area contributed by atoms with Crippen LogP contribution in [0.5, 0.6) is 11.5 Å². The molecule has 0 fully saturated rings. The van der Waals surface area contributed by atoms with Crippen LogP contribution >= 0.6 is 24.0 Å². The van der Waals surface area contributed by atoms with Gasteiger partial charge >= 0.3 is 0 Å². The Balaban J connectivity index is 0.00000450. The van der Waals surface area contributed by atoms with Gasteiger partial charge in [0.15, 0.2) is 12.6 Å². The molecule has 0 saturated heterocycles. The molecule has 2 N–H and O–H groups in total. The van der Waals surface area contributed by atoms with E-state index in [2.05, 4.69) is 27.8 Å². The number of carbonyl (C=O) groups is 1. The van der Waals surface area contributed by atoms with Gasteiger partial charge in [-0.2, -0.15) is 0 Å². The molecule has 0 aromatic heterocycles. The molecule has 0 aliphatic carbocycles. The number of guanidine groups is 1. The molecule has 0 heterocycles. The minimum Gasteiger partial charge on any atom is -0.497 e. The van der Waals surface area contributed by atoms with E-state index in [1.807, 2.05) is 36.4 Å². The summed E-state index contributed by atoms with van der Waals surface area (Å²) >= 11 is 0. The summed E-state index contributed by atoms with van der Waals surface area (Å²) in [7, 11) is 6.82. The number of ether oxygens (including phenoxy) is 2. The lowest BCUT2D eigenvalue weighted by Gasteiger charge is -2.14. The third-order valence-corrected chi connectivity index (χ3v) is 4.31. The maximum atomic E-state index is 11.6. The Labute approximate surface area is 195 Å². The molecule has 1 amide bonds. The number of rotatable bonds is 9. The predicted octanol–water partition coefficient (Wildman–Crippen LogP) is 2.69. The Morgan fingerprint density at radius 1 is 1.03 bits per heavy atom. The fraction of sp³-hybridized carbons (Fsp3) is 0.364. The highest BCUT2D eigenvalue weighted by atomic mass is 127. The van der Waals surface area contributed by atoms with Gasteiger partial charge in [0.2, 0.25) is 0 Å². The van der Waals surface area contributed by atoms with E-state index in [0.717, 1.165) is 30.2 Å². The molecule has 0 atom stereocenters. The van der Waals surface area contributed by atoms with Gasteiger partial charge < -0.3 is 25.0 Å². The Bertz CT molecular complexity index is 810. The van der Waals surface area contributed by atoms with Crippen molar-refractivity contribution in [3.63, 3.8) is 0 Å². The van der Waals surface area contributed by atoms with Gasteiger partial charge in [-0.05, 0) is 41.8 Å². The number of nitrogens with one attached hydrogen (secondary N) is 2. The van der Waals surface area contributed by atoms with Gasteiger partial charge in [-0.3, -0.25) is 9.79 Å². The summed E-state index contributed by atoms with van der Waals surface area (Å²) in [5.74, 6) is 2.18. The van der Waals surface area contributed by atoms with E-state index in [1.54, 1.807) is 28.3 Å². The van der Waals surface area contributed by atoms with Crippen molar-refractivity contribution in [2.24, 2.45) is 4.99 Å². The van der Waals surface area contributed by atoms with Crippen molar-refractivity contribution in [3.05, 3.63) is 59.7 Å². The van der Waals surface area contributed by atoms with Gasteiger partial charge in [0.05, 0.1) is 7.11 Å². The van der Waals surface area contributed by atoms with Crippen molar-refractivity contribution in [1.82, 2.24) is 15.5 Å². The van der Waals surface area contributed by atoms with Crippen LogP contribution in [0.3, 0.4) is 0 Å². The lowest BCUT2D eigenvalue weighted by Crippen LogP contribution is -2.37. The van der Waals surface area contributed by atoms with Crippen LogP contribution in [0.15, 0.2) is 53.5 Å². The fourth-order valence-electron chi connectivity index (χ4n) is 2.54. The molecule has 2 aromatic rings. The maximum absolute atomic E-state index is 11.6. The standard InChI is InChI=1S/C22H30N4O3.HI/c1-23-22(24-13-12-17-8-10-19(28-4)11-9-17)25-15-18-6-5-7-20(14-18)29-16-21(27)26(2)3;/h5-11,14H,12-13,15-16H2,1-4H3,(H2,23,24,25);1H. The summed E-state index contributed by atoms with van der Waals surface area (Å²) in [5, 5.41) is 6.60. The smallest absolute Gasteiger partial charge is 0.259 e. The molecule has 0 aliphatic rings. The summed E-state index contributed by atoms with van der Waals surface area (Å²) < 4.78 is 10.7. The van der Waals surface area contributed by atoms with Crippen molar-refractivity contribution >= 4 is 35.8 Å². The van der Waals surface area contributed by atoms with E-state index in [4.69, 9.17) is 9.47 Å². The molecule has 164 valence electrons. The van der Waals surface area contributed by atoms with Crippen molar-refractivity contribution < 1.29 is 14.3 Å². The first-order valence-corrected chi connectivity index (χ1v) is 9.51. The number of benzene rings is 2. The van der Waals surface area contributed by atoms with Crippen molar-refractivity contribution in [2.45, 2.75) is 13.0 Å². The van der Waals surface area contributed by atoms with Crippen LogP contribution in [-0.4, -0.2) is 58.2 Å². The number of hydrogen-bond donors (Lipinski definition) is 2. The third kappa shape index (κ3) is 8.89. The molecule has 0 aliphatic heterocycles.